The fourth-order valence-corrected chi connectivity index (χ4v) is 4.35. The molecule has 0 amide bonds. The van der Waals surface area contributed by atoms with E-state index in [1.165, 1.54) is 0 Å². The molecule has 2 atom stereocenters. The van der Waals surface area contributed by atoms with Crippen molar-refractivity contribution in [2.45, 2.75) is 24.8 Å². The van der Waals surface area contributed by atoms with Crippen LogP contribution in [0.3, 0.4) is 0 Å². The second-order valence-electron chi connectivity index (χ2n) is 7.55. The van der Waals surface area contributed by atoms with Gasteiger partial charge in [-0.05, 0) is 42.7 Å². The lowest BCUT2D eigenvalue weighted by atomic mass is 9.91. The molecule has 5 heteroatoms. The number of para-hydroxylation sites is 1. The van der Waals surface area contributed by atoms with Crippen molar-refractivity contribution in [2.75, 3.05) is 11.4 Å². The molecule has 1 aliphatic heterocycles. The third-order valence-electron chi connectivity index (χ3n) is 5.76. The van der Waals surface area contributed by atoms with E-state index in [1.54, 1.807) is 12.4 Å². The number of pyridine rings is 1. The molecule has 0 saturated carbocycles. The fourth-order valence-electron chi connectivity index (χ4n) is 4.35. The van der Waals surface area contributed by atoms with Crippen molar-refractivity contribution in [3.63, 3.8) is 0 Å². The van der Waals surface area contributed by atoms with E-state index in [-0.39, 0.29) is 12.0 Å². The van der Waals surface area contributed by atoms with Gasteiger partial charge >= 0.3 is 0 Å². The van der Waals surface area contributed by atoms with Crippen LogP contribution in [0.15, 0.2) is 79.1 Å². The summed E-state index contributed by atoms with van der Waals surface area (Å²) in [6.07, 6.45) is 5.54. The molecule has 3 heterocycles. The lowest BCUT2D eigenvalue weighted by Crippen LogP contribution is -2.35. The van der Waals surface area contributed by atoms with Crippen molar-refractivity contribution in [3.8, 4) is 17.5 Å². The molecular weight excluding hydrogens is 370 g/mol. The molecule has 2 aromatic carbocycles. The Morgan fingerprint density at radius 1 is 0.967 bits per heavy atom. The molecule has 1 fully saturated rings. The minimum Gasteiger partial charge on any atom is -0.351 e. The summed E-state index contributed by atoms with van der Waals surface area (Å²) in [5.41, 5.74) is 2.85. The zero-order valence-electron chi connectivity index (χ0n) is 16.5. The summed E-state index contributed by atoms with van der Waals surface area (Å²) in [4.78, 5) is 16.3. The maximum atomic E-state index is 10.0. The summed E-state index contributed by atoms with van der Waals surface area (Å²) >= 11 is 0. The molecule has 2 aromatic heterocycles. The van der Waals surface area contributed by atoms with E-state index in [1.807, 2.05) is 60.7 Å². The van der Waals surface area contributed by atoms with Crippen LogP contribution in [0.2, 0.25) is 0 Å². The average molecular weight is 391 g/mol. The summed E-state index contributed by atoms with van der Waals surface area (Å²) in [6, 6.07) is 24.7. The number of aromatic nitrogens is 3. The maximum Gasteiger partial charge on any atom is 0.163 e. The Bertz CT molecular complexity index is 1200. The molecule has 1 saturated heterocycles. The second-order valence-corrected chi connectivity index (χ2v) is 7.55. The Morgan fingerprint density at radius 2 is 1.80 bits per heavy atom. The highest BCUT2D eigenvalue weighted by molar-refractivity contribution is 5.91. The van der Waals surface area contributed by atoms with Crippen molar-refractivity contribution in [3.05, 3.63) is 84.7 Å². The SMILES string of the molecule is N#CC(c1ccccc1)C1CCCN1c1nc(-c2cccnc2)nc2ccccc12. The van der Waals surface area contributed by atoms with Crippen LogP contribution < -0.4 is 4.90 Å². The molecule has 5 nitrogen and oxygen atoms in total. The second kappa shape index (κ2) is 7.92. The molecule has 0 N–H and O–H groups in total. The Balaban J connectivity index is 1.63. The van der Waals surface area contributed by atoms with Crippen molar-refractivity contribution >= 4 is 16.7 Å². The molecule has 2 unspecified atom stereocenters. The van der Waals surface area contributed by atoms with Gasteiger partial charge in [0.05, 0.1) is 23.5 Å². The Kier molecular flexibility index (Phi) is 4.82. The van der Waals surface area contributed by atoms with Gasteiger partial charge in [0.1, 0.15) is 5.82 Å². The van der Waals surface area contributed by atoms with Crippen molar-refractivity contribution < 1.29 is 0 Å². The molecular formula is C25H21N5. The number of fused-ring (bicyclic) bond motifs is 1. The third-order valence-corrected chi connectivity index (χ3v) is 5.76. The first-order valence-electron chi connectivity index (χ1n) is 10.2. The van der Waals surface area contributed by atoms with Gasteiger partial charge in [-0.15, -0.1) is 0 Å². The van der Waals surface area contributed by atoms with Gasteiger partial charge in [0.15, 0.2) is 5.82 Å². The summed E-state index contributed by atoms with van der Waals surface area (Å²) < 4.78 is 0. The highest BCUT2D eigenvalue weighted by Crippen LogP contribution is 2.37. The van der Waals surface area contributed by atoms with Crippen LogP contribution in [0.1, 0.15) is 24.3 Å². The van der Waals surface area contributed by atoms with E-state index in [0.29, 0.717) is 5.82 Å². The average Bonchev–Trinajstić information content (AvgIpc) is 3.29. The maximum absolute atomic E-state index is 10.0. The molecule has 1 aliphatic rings. The van der Waals surface area contributed by atoms with Crippen LogP contribution in [-0.4, -0.2) is 27.5 Å². The standard InChI is InChI=1S/C25H21N5/c26-16-21(18-8-2-1-3-9-18)23-13-7-15-30(23)25-20-11-4-5-12-22(20)28-24(29-25)19-10-6-14-27-17-19/h1-6,8-12,14,17,21,23H,7,13,15H2. The minimum atomic E-state index is -0.204. The van der Waals surface area contributed by atoms with E-state index < -0.39 is 0 Å². The van der Waals surface area contributed by atoms with Gasteiger partial charge in [0.25, 0.3) is 0 Å². The van der Waals surface area contributed by atoms with Gasteiger partial charge in [-0.2, -0.15) is 5.26 Å². The number of benzene rings is 2. The predicted molar refractivity (Wildman–Crippen MR) is 118 cm³/mol. The van der Waals surface area contributed by atoms with Gasteiger partial charge in [-0.25, -0.2) is 9.97 Å². The number of nitriles is 1. The van der Waals surface area contributed by atoms with Crippen molar-refractivity contribution in [2.24, 2.45) is 0 Å². The molecule has 0 bridgehead atoms. The van der Waals surface area contributed by atoms with E-state index >= 15 is 0 Å². The highest BCUT2D eigenvalue weighted by Gasteiger charge is 2.34. The van der Waals surface area contributed by atoms with Gasteiger partial charge in [0.2, 0.25) is 0 Å². The number of rotatable bonds is 4. The molecule has 0 radical (unpaired) electrons. The summed E-state index contributed by atoms with van der Waals surface area (Å²) in [7, 11) is 0. The van der Waals surface area contributed by atoms with E-state index in [4.69, 9.17) is 9.97 Å². The number of anilines is 1. The van der Waals surface area contributed by atoms with Crippen LogP contribution >= 0.6 is 0 Å². The van der Waals surface area contributed by atoms with Crippen LogP contribution in [-0.2, 0) is 0 Å². The summed E-state index contributed by atoms with van der Waals surface area (Å²) in [5.74, 6) is 1.36. The lowest BCUT2D eigenvalue weighted by molar-refractivity contribution is 0.609. The van der Waals surface area contributed by atoms with Gasteiger partial charge < -0.3 is 4.90 Å². The summed E-state index contributed by atoms with van der Waals surface area (Å²) in [5, 5.41) is 11.0. The van der Waals surface area contributed by atoms with Gasteiger partial charge in [-0.3, -0.25) is 4.98 Å². The van der Waals surface area contributed by atoms with Crippen LogP contribution in [0.4, 0.5) is 5.82 Å². The normalized spacial score (nSPS) is 17.0. The first-order chi connectivity index (χ1) is 14.8. The molecule has 0 aliphatic carbocycles. The number of hydrogen-bond acceptors (Lipinski definition) is 5. The predicted octanol–water partition coefficient (Wildman–Crippen LogP) is 4.97. The lowest BCUT2D eigenvalue weighted by Gasteiger charge is -2.30. The first kappa shape index (κ1) is 18.3. The van der Waals surface area contributed by atoms with E-state index in [2.05, 4.69) is 22.0 Å². The molecule has 5 rings (SSSR count). The molecule has 4 aromatic rings. The topological polar surface area (TPSA) is 65.7 Å². The molecule has 30 heavy (non-hydrogen) atoms. The van der Waals surface area contributed by atoms with Gasteiger partial charge in [0, 0.05) is 29.9 Å². The first-order valence-corrected chi connectivity index (χ1v) is 10.2. The molecule has 0 spiro atoms. The van der Waals surface area contributed by atoms with E-state index in [0.717, 1.165) is 47.2 Å². The highest BCUT2D eigenvalue weighted by atomic mass is 15.2. The quantitative estimate of drug-likeness (QED) is 0.491. The molecule has 146 valence electrons. The van der Waals surface area contributed by atoms with Crippen molar-refractivity contribution in [1.29, 1.82) is 5.26 Å². The summed E-state index contributed by atoms with van der Waals surface area (Å²) in [6.45, 7) is 0.878. The monoisotopic (exact) mass is 391 g/mol. The smallest absolute Gasteiger partial charge is 0.163 e. The fraction of sp³-hybridized carbons (Fsp3) is 0.200. The van der Waals surface area contributed by atoms with E-state index in [9.17, 15) is 5.26 Å². The van der Waals surface area contributed by atoms with Crippen molar-refractivity contribution in [1.82, 2.24) is 15.0 Å². The number of hydrogen-bond donors (Lipinski definition) is 0. The Hall–Kier alpha value is -3.78. The zero-order chi connectivity index (χ0) is 20.3. The van der Waals surface area contributed by atoms with Gasteiger partial charge in [-0.1, -0.05) is 42.5 Å². The van der Waals surface area contributed by atoms with Crippen LogP contribution in [0, 0.1) is 11.3 Å². The Morgan fingerprint density at radius 3 is 2.60 bits per heavy atom. The Labute approximate surface area is 175 Å². The largest absolute Gasteiger partial charge is 0.351 e. The van der Waals surface area contributed by atoms with Crippen LogP contribution in [0.5, 0.6) is 0 Å². The minimum absolute atomic E-state index is 0.0810. The number of nitrogens with zero attached hydrogens (tertiary/aromatic N) is 5. The third kappa shape index (κ3) is 3.27. The zero-order valence-corrected chi connectivity index (χ0v) is 16.5. The van der Waals surface area contributed by atoms with Crippen LogP contribution in [0.25, 0.3) is 22.3 Å².